The zero-order chi connectivity index (χ0) is 21.3. The van der Waals surface area contributed by atoms with Crippen LogP contribution in [0.4, 0.5) is 0 Å². The van der Waals surface area contributed by atoms with Crippen LogP contribution in [-0.4, -0.2) is 49.6 Å². The molecule has 0 radical (unpaired) electrons. The lowest BCUT2D eigenvalue weighted by Crippen LogP contribution is -2.42. The summed E-state index contributed by atoms with van der Waals surface area (Å²) in [6.07, 6.45) is 1.29. The van der Waals surface area contributed by atoms with E-state index in [1.54, 1.807) is 4.90 Å². The molecule has 1 fully saturated rings. The van der Waals surface area contributed by atoms with E-state index in [0.717, 1.165) is 11.1 Å². The Labute approximate surface area is 176 Å². The lowest BCUT2D eigenvalue weighted by atomic mass is 9.89. The third-order valence-corrected chi connectivity index (χ3v) is 5.51. The van der Waals surface area contributed by atoms with Gasteiger partial charge >= 0.3 is 11.9 Å². The second-order valence-corrected chi connectivity index (χ2v) is 7.42. The maximum absolute atomic E-state index is 12.5. The van der Waals surface area contributed by atoms with Crippen molar-refractivity contribution in [2.45, 2.75) is 25.2 Å². The Balaban J connectivity index is 1.54. The largest absolute Gasteiger partial charge is 0.469 e. The van der Waals surface area contributed by atoms with Crippen molar-refractivity contribution in [3.8, 4) is 0 Å². The van der Waals surface area contributed by atoms with E-state index in [9.17, 15) is 14.4 Å². The summed E-state index contributed by atoms with van der Waals surface area (Å²) in [5.74, 6) is -1.18. The minimum Gasteiger partial charge on any atom is -0.469 e. The van der Waals surface area contributed by atoms with Crippen LogP contribution in [0.1, 0.15) is 36.3 Å². The molecule has 1 aliphatic rings. The van der Waals surface area contributed by atoms with Crippen LogP contribution in [0.15, 0.2) is 60.7 Å². The monoisotopic (exact) mass is 409 g/mol. The van der Waals surface area contributed by atoms with Crippen LogP contribution in [0, 0.1) is 5.92 Å². The van der Waals surface area contributed by atoms with Gasteiger partial charge in [0.15, 0.2) is 6.61 Å². The zero-order valence-electron chi connectivity index (χ0n) is 17.2. The normalized spacial score (nSPS) is 14.4. The number of benzene rings is 2. The van der Waals surface area contributed by atoms with Gasteiger partial charge < -0.3 is 14.4 Å². The number of nitrogens with zero attached hydrogens (tertiary/aromatic N) is 1. The Hall–Kier alpha value is -3.15. The number of hydrogen-bond donors (Lipinski definition) is 0. The number of rotatable bonds is 7. The van der Waals surface area contributed by atoms with Gasteiger partial charge in [-0.05, 0) is 24.0 Å². The number of ether oxygens (including phenoxy) is 2. The van der Waals surface area contributed by atoms with Crippen LogP contribution in [-0.2, 0) is 23.9 Å². The fourth-order valence-corrected chi connectivity index (χ4v) is 3.79. The summed E-state index contributed by atoms with van der Waals surface area (Å²) >= 11 is 0. The van der Waals surface area contributed by atoms with Crippen LogP contribution in [0.2, 0.25) is 0 Å². The molecule has 6 heteroatoms. The quantitative estimate of drug-likeness (QED) is 0.657. The highest BCUT2D eigenvalue weighted by Crippen LogP contribution is 2.28. The molecule has 30 heavy (non-hydrogen) atoms. The summed E-state index contributed by atoms with van der Waals surface area (Å²) in [6.45, 7) is 0.650. The highest BCUT2D eigenvalue weighted by atomic mass is 16.5. The van der Waals surface area contributed by atoms with Crippen LogP contribution < -0.4 is 0 Å². The molecule has 0 saturated carbocycles. The number of hydrogen-bond acceptors (Lipinski definition) is 5. The first kappa shape index (κ1) is 21.6. The van der Waals surface area contributed by atoms with Crippen molar-refractivity contribution < 1.29 is 23.9 Å². The molecule has 6 nitrogen and oxygen atoms in total. The predicted molar refractivity (Wildman–Crippen MR) is 112 cm³/mol. The molecule has 158 valence electrons. The van der Waals surface area contributed by atoms with E-state index >= 15 is 0 Å². The molecule has 2 aromatic carbocycles. The van der Waals surface area contributed by atoms with Crippen molar-refractivity contribution in [1.82, 2.24) is 4.90 Å². The van der Waals surface area contributed by atoms with Crippen LogP contribution >= 0.6 is 0 Å². The third-order valence-electron chi connectivity index (χ3n) is 5.51. The van der Waals surface area contributed by atoms with Crippen LogP contribution in [0.3, 0.4) is 0 Å². The molecule has 1 saturated heterocycles. The molecule has 2 aromatic rings. The second-order valence-electron chi connectivity index (χ2n) is 7.42. The number of methoxy groups -OCH3 is 1. The number of piperidine rings is 1. The first-order chi connectivity index (χ1) is 14.6. The maximum atomic E-state index is 12.5. The van der Waals surface area contributed by atoms with Gasteiger partial charge in [0.05, 0.1) is 19.4 Å². The Bertz CT molecular complexity index is 805. The number of carbonyl (C=O) groups is 3. The minimum atomic E-state index is -0.412. The van der Waals surface area contributed by atoms with Crippen molar-refractivity contribution in [3.63, 3.8) is 0 Å². The van der Waals surface area contributed by atoms with E-state index in [1.807, 2.05) is 60.7 Å². The number of amides is 1. The van der Waals surface area contributed by atoms with Gasteiger partial charge in [0.1, 0.15) is 0 Å². The summed E-state index contributed by atoms with van der Waals surface area (Å²) < 4.78 is 10.1. The lowest BCUT2D eigenvalue weighted by molar-refractivity contribution is -0.154. The fraction of sp³-hybridized carbons (Fsp3) is 0.375. The summed E-state index contributed by atoms with van der Waals surface area (Å²) in [6, 6.07) is 19.6. The summed E-state index contributed by atoms with van der Waals surface area (Å²) in [4.78, 5) is 38.2. The van der Waals surface area contributed by atoms with Crippen molar-refractivity contribution >= 4 is 17.8 Å². The minimum absolute atomic E-state index is 0.134. The summed E-state index contributed by atoms with van der Waals surface area (Å²) in [7, 11) is 1.37. The Kier molecular flexibility index (Phi) is 7.60. The molecule has 0 unspecified atom stereocenters. The first-order valence-corrected chi connectivity index (χ1v) is 10.2. The van der Waals surface area contributed by atoms with Gasteiger partial charge in [-0.3, -0.25) is 14.4 Å². The van der Waals surface area contributed by atoms with Gasteiger partial charge in [0.2, 0.25) is 0 Å². The molecule has 3 rings (SSSR count). The van der Waals surface area contributed by atoms with E-state index < -0.39 is 5.97 Å². The molecule has 0 bridgehead atoms. The van der Waals surface area contributed by atoms with Gasteiger partial charge in [-0.15, -0.1) is 0 Å². The van der Waals surface area contributed by atoms with Crippen LogP contribution in [0.5, 0.6) is 0 Å². The summed E-state index contributed by atoms with van der Waals surface area (Å²) in [5.41, 5.74) is 2.05. The SMILES string of the molecule is COC(=O)C1CCN(C(=O)COC(=O)CC(c2ccccc2)c2ccccc2)CC1. The standard InChI is InChI=1S/C24H27NO5/c1-29-24(28)20-12-14-25(15-13-20)22(26)17-30-23(27)16-21(18-8-4-2-5-9-18)19-10-6-3-7-11-19/h2-11,20-21H,12-17H2,1H3. The van der Waals surface area contributed by atoms with Crippen LogP contribution in [0.25, 0.3) is 0 Å². The van der Waals surface area contributed by atoms with E-state index in [1.165, 1.54) is 7.11 Å². The van der Waals surface area contributed by atoms with E-state index in [-0.39, 0.29) is 36.7 Å². The Morgan fingerprint density at radius 1 is 0.933 bits per heavy atom. The summed E-state index contributed by atoms with van der Waals surface area (Å²) in [5, 5.41) is 0. The fourth-order valence-electron chi connectivity index (χ4n) is 3.79. The average molecular weight is 409 g/mol. The predicted octanol–water partition coefficient (Wildman–Crippen LogP) is 3.16. The molecule has 1 heterocycles. The molecule has 0 spiro atoms. The highest BCUT2D eigenvalue weighted by Gasteiger charge is 2.28. The second kappa shape index (κ2) is 10.6. The van der Waals surface area contributed by atoms with Crippen molar-refractivity contribution in [3.05, 3.63) is 71.8 Å². The smallest absolute Gasteiger partial charge is 0.308 e. The molecule has 0 aromatic heterocycles. The van der Waals surface area contributed by atoms with E-state index in [4.69, 9.17) is 9.47 Å². The van der Waals surface area contributed by atoms with E-state index in [2.05, 4.69) is 0 Å². The zero-order valence-corrected chi connectivity index (χ0v) is 17.2. The number of carbonyl (C=O) groups excluding carboxylic acids is 3. The highest BCUT2D eigenvalue weighted by molar-refractivity contribution is 5.81. The van der Waals surface area contributed by atoms with Gasteiger partial charge in [-0.1, -0.05) is 60.7 Å². The molecular formula is C24H27NO5. The topological polar surface area (TPSA) is 72.9 Å². The molecule has 0 aliphatic carbocycles. The lowest BCUT2D eigenvalue weighted by Gasteiger charge is -2.30. The van der Waals surface area contributed by atoms with Gasteiger partial charge in [0.25, 0.3) is 5.91 Å². The van der Waals surface area contributed by atoms with Gasteiger partial charge in [-0.2, -0.15) is 0 Å². The third kappa shape index (κ3) is 5.69. The average Bonchev–Trinajstić information content (AvgIpc) is 2.81. The molecule has 0 atom stereocenters. The molecule has 0 N–H and O–H groups in total. The van der Waals surface area contributed by atoms with Gasteiger partial charge in [-0.25, -0.2) is 0 Å². The Morgan fingerprint density at radius 2 is 1.47 bits per heavy atom. The molecule has 1 aliphatic heterocycles. The first-order valence-electron chi connectivity index (χ1n) is 10.2. The van der Waals surface area contributed by atoms with Crippen molar-refractivity contribution in [1.29, 1.82) is 0 Å². The van der Waals surface area contributed by atoms with E-state index in [0.29, 0.717) is 25.9 Å². The Morgan fingerprint density at radius 3 is 1.97 bits per heavy atom. The number of esters is 2. The van der Waals surface area contributed by atoms with Crippen molar-refractivity contribution in [2.24, 2.45) is 5.92 Å². The molecule has 1 amide bonds. The number of likely N-dealkylation sites (tertiary alicyclic amines) is 1. The maximum Gasteiger partial charge on any atom is 0.308 e. The molecular weight excluding hydrogens is 382 g/mol. The van der Waals surface area contributed by atoms with Gasteiger partial charge in [0, 0.05) is 19.0 Å². The van der Waals surface area contributed by atoms with Crippen molar-refractivity contribution in [2.75, 3.05) is 26.8 Å².